The van der Waals surface area contributed by atoms with Crippen molar-refractivity contribution < 1.29 is 25.8 Å². The van der Waals surface area contributed by atoms with E-state index in [0.29, 0.717) is 16.9 Å². The number of hydrogen-bond donors (Lipinski definition) is 0. The van der Waals surface area contributed by atoms with Crippen molar-refractivity contribution in [3.8, 4) is 0 Å². The van der Waals surface area contributed by atoms with Crippen LogP contribution < -0.4 is 0 Å². The molecule has 1 heterocycles. The first-order valence-electron chi connectivity index (χ1n) is 6.08. The van der Waals surface area contributed by atoms with Crippen LogP contribution in [0.4, 0.5) is 13.2 Å². The van der Waals surface area contributed by atoms with Gasteiger partial charge in [-0.3, -0.25) is 4.18 Å². The molecular weight excluding hydrogens is 396 g/mol. The monoisotopic (exact) mass is 404 g/mol. The van der Waals surface area contributed by atoms with E-state index in [2.05, 4.69) is 4.18 Å². The van der Waals surface area contributed by atoms with Gasteiger partial charge in [0, 0.05) is 6.42 Å². The highest BCUT2D eigenvalue weighted by molar-refractivity contribution is 7.89. The van der Waals surface area contributed by atoms with Crippen LogP contribution in [0.25, 0.3) is 0 Å². The first kappa shape index (κ1) is 18.5. The van der Waals surface area contributed by atoms with Gasteiger partial charge in [-0.15, -0.1) is 11.3 Å². The van der Waals surface area contributed by atoms with Crippen molar-refractivity contribution in [3.63, 3.8) is 0 Å². The van der Waals surface area contributed by atoms with E-state index in [0.717, 1.165) is 6.07 Å². The van der Waals surface area contributed by atoms with Gasteiger partial charge in [0.05, 0.1) is 5.02 Å². The van der Waals surface area contributed by atoms with Gasteiger partial charge >= 0.3 is 16.3 Å². The summed E-state index contributed by atoms with van der Waals surface area (Å²) in [5.74, 6) is 0. The average molecular weight is 405 g/mol. The molecule has 10 heteroatoms. The van der Waals surface area contributed by atoms with Gasteiger partial charge in [0.25, 0.3) is 0 Å². The summed E-state index contributed by atoms with van der Waals surface area (Å²) in [5.41, 5.74) is 0.298. The summed E-state index contributed by atoms with van der Waals surface area (Å²) < 4.78 is 67.2. The molecule has 0 fully saturated rings. The molecule has 0 radical (unpaired) electrons. The Balaban J connectivity index is 2.27. The Morgan fingerprint density at radius 3 is 2.26 bits per heavy atom. The summed E-state index contributed by atoms with van der Waals surface area (Å²) in [7, 11) is -4.63. The molecule has 0 aliphatic heterocycles. The second-order valence-electron chi connectivity index (χ2n) is 4.46. The van der Waals surface area contributed by atoms with Crippen LogP contribution in [-0.2, 0) is 20.7 Å². The number of rotatable bonds is 5. The maximum atomic E-state index is 13.1. The van der Waals surface area contributed by atoms with Crippen LogP contribution in [0.3, 0.4) is 0 Å². The maximum absolute atomic E-state index is 13.1. The van der Waals surface area contributed by atoms with Crippen molar-refractivity contribution in [3.05, 3.63) is 51.3 Å². The minimum atomic E-state index is -4.85. The van der Waals surface area contributed by atoms with Crippen LogP contribution in [0.5, 0.6) is 0 Å². The van der Waals surface area contributed by atoms with Crippen LogP contribution in [0, 0.1) is 0 Å². The van der Waals surface area contributed by atoms with Gasteiger partial charge in [-0.05, 0) is 11.6 Å². The molecule has 0 unspecified atom stereocenters. The fourth-order valence-electron chi connectivity index (χ4n) is 1.68. The molecule has 23 heavy (non-hydrogen) atoms. The van der Waals surface area contributed by atoms with E-state index in [4.69, 9.17) is 23.2 Å². The maximum Gasteiger partial charge on any atom is 0.416 e. The lowest BCUT2D eigenvalue weighted by Crippen LogP contribution is -2.35. The molecule has 1 aromatic carbocycles. The molecule has 0 bridgehead atoms. The zero-order valence-electron chi connectivity index (χ0n) is 11.2. The number of alkyl halides is 3. The predicted molar refractivity (Wildman–Crippen MR) is 82.6 cm³/mol. The van der Waals surface area contributed by atoms with E-state index in [-0.39, 0.29) is 9.36 Å². The lowest BCUT2D eigenvalue weighted by Gasteiger charge is -2.20. The third kappa shape index (κ3) is 4.84. The second kappa shape index (κ2) is 6.98. The van der Waals surface area contributed by atoms with Crippen molar-refractivity contribution in [2.75, 3.05) is 0 Å². The van der Waals surface area contributed by atoms with Crippen LogP contribution in [0.2, 0.25) is 9.36 Å². The third-order valence-corrected chi connectivity index (χ3v) is 6.36. The van der Waals surface area contributed by atoms with Crippen molar-refractivity contribution in [1.82, 2.24) is 0 Å². The Bertz CT molecular complexity index is 754. The highest BCUT2D eigenvalue weighted by Crippen LogP contribution is 2.37. The second-order valence-corrected chi connectivity index (χ2v) is 8.32. The minimum absolute atomic E-state index is 0.0412. The van der Waals surface area contributed by atoms with Gasteiger partial charge in [-0.25, -0.2) is 0 Å². The normalized spacial score (nSPS) is 14.0. The average Bonchev–Trinajstić information content (AvgIpc) is 2.79. The van der Waals surface area contributed by atoms with E-state index in [1.54, 1.807) is 18.2 Å². The summed E-state index contributed by atoms with van der Waals surface area (Å²) in [5, 5.41) is -0.0644. The Morgan fingerprint density at radius 1 is 1.17 bits per heavy atom. The number of benzene rings is 1. The molecule has 0 saturated carbocycles. The third-order valence-electron chi connectivity index (χ3n) is 2.74. The molecule has 0 N–H and O–H groups in total. The van der Waals surface area contributed by atoms with Crippen LogP contribution >= 0.6 is 34.5 Å². The molecule has 2 aromatic rings. The first-order chi connectivity index (χ1) is 10.6. The summed E-state index contributed by atoms with van der Waals surface area (Å²) in [6.07, 6.45) is -7.99. The molecule has 0 aliphatic rings. The Labute approximate surface area is 144 Å². The van der Waals surface area contributed by atoms with Crippen molar-refractivity contribution >= 4 is 44.7 Å². The number of halogens is 5. The molecule has 2 rings (SSSR count). The Hall–Kier alpha value is -0.800. The number of thiophene rings is 1. The molecule has 0 saturated heterocycles. The van der Waals surface area contributed by atoms with Gasteiger partial charge < -0.3 is 0 Å². The number of hydrogen-bond acceptors (Lipinski definition) is 4. The molecule has 1 aromatic heterocycles. The fraction of sp³-hybridized carbons (Fsp3) is 0.231. The highest BCUT2D eigenvalue weighted by Gasteiger charge is 2.44. The van der Waals surface area contributed by atoms with Gasteiger partial charge in [-0.1, -0.05) is 53.5 Å². The molecule has 0 aliphatic carbocycles. The summed E-state index contributed by atoms with van der Waals surface area (Å²) in [6.45, 7) is 0. The van der Waals surface area contributed by atoms with E-state index >= 15 is 0 Å². The van der Waals surface area contributed by atoms with Gasteiger partial charge in [0.1, 0.15) is 8.55 Å². The topological polar surface area (TPSA) is 43.4 Å². The molecule has 126 valence electrons. The van der Waals surface area contributed by atoms with Gasteiger partial charge in [0.2, 0.25) is 0 Å². The summed E-state index contributed by atoms with van der Waals surface area (Å²) in [6, 6.07) is 8.60. The summed E-state index contributed by atoms with van der Waals surface area (Å²) >= 11 is 11.8. The van der Waals surface area contributed by atoms with E-state index in [1.807, 2.05) is 0 Å². The smallest absolute Gasteiger partial charge is 0.252 e. The molecule has 0 spiro atoms. The van der Waals surface area contributed by atoms with E-state index < -0.39 is 33.0 Å². The minimum Gasteiger partial charge on any atom is -0.252 e. The van der Waals surface area contributed by atoms with Crippen molar-refractivity contribution in [2.45, 2.75) is 22.9 Å². The van der Waals surface area contributed by atoms with Crippen molar-refractivity contribution in [2.24, 2.45) is 0 Å². The van der Waals surface area contributed by atoms with Crippen LogP contribution in [0.1, 0.15) is 5.56 Å². The fourth-order valence-corrected chi connectivity index (χ4v) is 4.60. The van der Waals surface area contributed by atoms with Crippen LogP contribution in [0.15, 0.2) is 40.6 Å². The largest absolute Gasteiger partial charge is 0.416 e. The van der Waals surface area contributed by atoms with Gasteiger partial charge in [-0.2, -0.15) is 21.6 Å². The molecule has 1 atom stereocenters. The van der Waals surface area contributed by atoms with E-state index in [1.165, 1.54) is 12.1 Å². The highest BCUT2D eigenvalue weighted by atomic mass is 35.5. The lowest BCUT2D eigenvalue weighted by molar-refractivity contribution is -0.193. The Kier molecular flexibility index (Phi) is 5.63. The first-order valence-corrected chi connectivity index (χ1v) is 9.06. The van der Waals surface area contributed by atoms with Gasteiger partial charge in [0.15, 0.2) is 6.10 Å². The lowest BCUT2D eigenvalue weighted by atomic mass is 10.1. The zero-order valence-corrected chi connectivity index (χ0v) is 14.3. The quantitative estimate of drug-likeness (QED) is 0.663. The predicted octanol–water partition coefficient (Wildman–Crippen LogP) is 4.93. The Morgan fingerprint density at radius 2 is 1.78 bits per heavy atom. The summed E-state index contributed by atoms with van der Waals surface area (Å²) in [4.78, 5) is 0. The van der Waals surface area contributed by atoms with Crippen LogP contribution in [-0.4, -0.2) is 20.7 Å². The zero-order chi connectivity index (χ0) is 17.3. The molecule has 0 amide bonds. The molecule has 3 nitrogen and oxygen atoms in total. The molecular formula is C13H9Cl2F3O3S2. The van der Waals surface area contributed by atoms with Crippen molar-refractivity contribution in [1.29, 1.82) is 0 Å². The SMILES string of the molecule is O=S(=O)(O[C@@H](Cc1ccccc1)C(F)(F)F)c1cc(Cl)c(Cl)s1. The standard InChI is InChI=1S/C13H9Cl2F3O3S2/c14-9-7-11(22-12(9)15)23(19,20)21-10(13(16,17)18)6-8-4-2-1-3-5-8/h1-5,7,10H,6H2/t10-/m0/s1. The van der Waals surface area contributed by atoms with E-state index in [9.17, 15) is 21.6 Å².